The molecule has 5 nitrogen and oxygen atoms in total. The fourth-order valence-electron chi connectivity index (χ4n) is 1.31. The molecule has 0 radical (unpaired) electrons. The number of aliphatic carboxylic acids is 1. The molecule has 0 atom stereocenters. The second-order valence-corrected chi connectivity index (χ2v) is 3.60. The number of anilines is 1. The average molecular weight is 246 g/mol. The highest BCUT2D eigenvalue weighted by atomic mass is 16.5. The SMILES string of the molecule is COc1cc(C#N)ccc1NC/C=C(/C)C(=O)O. The number of ether oxygens (including phenoxy) is 1. The third kappa shape index (κ3) is 3.52. The monoisotopic (exact) mass is 246 g/mol. The maximum Gasteiger partial charge on any atom is 0.331 e. The minimum Gasteiger partial charge on any atom is -0.495 e. The van der Waals surface area contributed by atoms with Gasteiger partial charge in [-0.05, 0) is 19.1 Å². The van der Waals surface area contributed by atoms with Gasteiger partial charge in [-0.2, -0.15) is 5.26 Å². The molecule has 0 aliphatic carbocycles. The normalized spacial score (nSPS) is 10.6. The van der Waals surface area contributed by atoms with Gasteiger partial charge in [-0.15, -0.1) is 0 Å². The molecule has 18 heavy (non-hydrogen) atoms. The number of hydrogen-bond acceptors (Lipinski definition) is 4. The van der Waals surface area contributed by atoms with Crippen molar-refractivity contribution in [1.82, 2.24) is 0 Å². The van der Waals surface area contributed by atoms with Gasteiger partial charge in [0, 0.05) is 18.2 Å². The summed E-state index contributed by atoms with van der Waals surface area (Å²) in [6.07, 6.45) is 1.57. The Balaban J connectivity index is 2.77. The van der Waals surface area contributed by atoms with Gasteiger partial charge < -0.3 is 15.2 Å². The molecular formula is C13H14N2O3. The van der Waals surface area contributed by atoms with Crippen molar-refractivity contribution >= 4 is 11.7 Å². The third-order valence-corrected chi connectivity index (χ3v) is 2.37. The van der Waals surface area contributed by atoms with E-state index in [1.807, 2.05) is 6.07 Å². The fraction of sp³-hybridized carbons (Fsp3) is 0.231. The number of nitrogens with zero attached hydrogens (tertiary/aromatic N) is 1. The summed E-state index contributed by atoms with van der Waals surface area (Å²) < 4.78 is 5.14. The van der Waals surface area contributed by atoms with Crippen LogP contribution in [0.5, 0.6) is 5.75 Å². The minimum absolute atomic E-state index is 0.273. The topological polar surface area (TPSA) is 82.3 Å². The quantitative estimate of drug-likeness (QED) is 0.776. The van der Waals surface area contributed by atoms with Crippen LogP contribution in [0.2, 0.25) is 0 Å². The van der Waals surface area contributed by atoms with E-state index in [1.54, 1.807) is 24.3 Å². The zero-order valence-corrected chi connectivity index (χ0v) is 10.2. The maximum atomic E-state index is 10.6. The molecule has 94 valence electrons. The zero-order valence-electron chi connectivity index (χ0n) is 10.2. The Bertz CT molecular complexity index is 515. The number of carboxylic acids is 1. The Hall–Kier alpha value is -2.48. The van der Waals surface area contributed by atoms with E-state index in [2.05, 4.69) is 5.32 Å². The standard InChI is InChI=1S/C13H14N2O3/c1-9(13(16)17)5-6-15-11-4-3-10(8-14)7-12(11)18-2/h3-5,7,15H,6H2,1-2H3,(H,16,17)/b9-5-. The van der Waals surface area contributed by atoms with Gasteiger partial charge in [0.15, 0.2) is 0 Å². The van der Waals surface area contributed by atoms with E-state index >= 15 is 0 Å². The lowest BCUT2D eigenvalue weighted by molar-refractivity contribution is -0.132. The molecule has 0 bridgehead atoms. The molecule has 0 aliphatic rings. The predicted octanol–water partition coefficient (Wildman–Crippen LogP) is 2.01. The summed E-state index contributed by atoms with van der Waals surface area (Å²) in [4.78, 5) is 10.6. The molecule has 1 aromatic rings. The zero-order chi connectivity index (χ0) is 13.5. The molecule has 0 aliphatic heterocycles. The molecule has 0 fully saturated rings. The average Bonchev–Trinajstić information content (AvgIpc) is 2.38. The van der Waals surface area contributed by atoms with Gasteiger partial charge in [-0.25, -0.2) is 4.79 Å². The molecule has 0 saturated heterocycles. The Labute approximate surface area is 105 Å². The highest BCUT2D eigenvalue weighted by Gasteiger charge is 2.04. The maximum absolute atomic E-state index is 10.6. The Kier molecular flexibility index (Phi) is 4.76. The van der Waals surface area contributed by atoms with Crippen LogP contribution in [0.1, 0.15) is 12.5 Å². The summed E-state index contributed by atoms with van der Waals surface area (Å²) in [7, 11) is 1.51. The van der Waals surface area contributed by atoms with Gasteiger partial charge >= 0.3 is 5.97 Å². The number of nitriles is 1. The van der Waals surface area contributed by atoms with Crippen LogP contribution < -0.4 is 10.1 Å². The van der Waals surface area contributed by atoms with Crippen LogP contribution >= 0.6 is 0 Å². The third-order valence-electron chi connectivity index (χ3n) is 2.37. The van der Waals surface area contributed by atoms with E-state index in [-0.39, 0.29) is 5.57 Å². The second kappa shape index (κ2) is 6.30. The Morgan fingerprint density at radius 3 is 2.89 bits per heavy atom. The first-order valence-electron chi connectivity index (χ1n) is 5.30. The van der Waals surface area contributed by atoms with Crippen LogP contribution in [0, 0.1) is 11.3 Å². The van der Waals surface area contributed by atoms with Gasteiger partial charge in [-0.1, -0.05) is 6.08 Å². The first-order valence-corrected chi connectivity index (χ1v) is 5.30. The first-order chi connectivity index (χ1) is 8.58. The van der Waals surface area contributed by atoms with E-state index in [9.17, 15) is 4.79 Å². The summed E-state index contributed by atoms with van der Waals surface area (Å²) in [6.45, 7) is 1.90. The number of benzene rings is 1. The van der Waals surface area contributed by atoms with Gasteiger partial charge in [0.25, 0.3) is 0 Å². The van der Waals surface area contributed by atoms with E-state index in [1.165, 1.54) is 14.0 Å². The Morgan fingerprint density at radius 2 is 2.33 bits per heavy atom. The molecule has 0 aromatic heterocycles. The van der Waals surface area contributed by atoms with Gasteiger partial charge in [0.1, 0.15) is 5.75 Å². The van der Waals surface area contributed by atoms with Crippen LogP contribution in [0.15, 0.2) is 29.8 Å². The molecular weight excluding hydrogens is 232 g/mol. The summed E-state index contributed by atoms with van der Waals surface area (Å²) in [5.74, 6) is -0.390. The van der Waals surface area contributed by atoms with Crippen molar-refractivity contribution in [3.63, 3.8) is 0 Å². The lowest BCUT2D eigenvalue weighted by Crippen LogP contribution is -2.04. The van der Waals surface area contributed by atoms with E-state index in [0.29, 0.717) is 23.5 Å². The smallest absolute Gasteiger partial charge is 0.331 e. The highest BCUT2D eigenvalue weighted by molar-refractivity contribution is 5.85. The van der Waals surface area contributed by atoms with Crippen molar-refractivity contribution in [2.75, 3.05) is 19.0 Å². The fourth-order valence-corrected chi connectivity index (χ4v) is 1.31. The highest BCUT2D eigenvalue weighted by Crippen LogP contribution is 2.25. The van der Waals surface area contributed by atoms with E-state index < -0.39 is 5.97 Å². The van der Waals surface area contributed by atoms with Crippen molar-refractivity contribution in [2.24, 2.45) is 0 Å². The molecule has 1 aromatic carbocycles. The van der Waals surface area contributed by atoms with Crippen molar-refractivity contribution in [3.8, 4) is 11.8 Å². The number of hydrogen-bond donors (Lipinski definition) is 2. The summed E-state index contributed by atoms with van der Waals surface area (Å²) in [5, 5.41) is 20.5. The lowest BCUT2D eigenvalue weighted by Gasteiger charge is -2.09. The van der Waals surface area contributed by atoms with Crippen LogP contribution in [0.3, 0.4) is 0 Å². The lowest BCUT2D eigenvalue weighted by atomic mass is 10.2. The molecule has 0 spiro atoms. The minimum atomic E-state index is -0.941. The van der Waals surface area contributed by atoms with Gasteiger partial charge in [0.05, 0.1) is 24.4 Å². The summed E-state index contributed by atoms with van der Waals surface area (Å²) in [6, 6.07) is 7.03. The summed E-state index contributed by atoms with van der Waals surface area (Å²) >= 11 is 0. The molecule has 0 saturated carbocycles. The molecule has 5 heteroatoms. The van der Waals surface area contributed by atoms with Crippen LogP contribution in [0.4, 0.5) is 5.69 Å². The second-order valence-electron chi connectivity index (χ2n) is 3.60. The molecule has 0 heterocycles. The number of methoxy groups -OCH3 is 1. The van der Waals surface area contributed by atoms with Crippen molar-refractivity contribution in [1.29, 1.82) is 5.26 Å². The molecule has 2 N–H and O–H groups in total. The number of carboxylic acid groups (broad SMARTS) is 1. The van der Waals surface area contributed by atoms with Crippen molar-refractivity contribution < 1.29 is 14.6 Å². The number of carbonyl (C=O) groups is 1. The van der Waals surface area contributed by atoms with Gasteiger partial charge in [0.2, 0.25) is 0 Å². The molecule has 0 unspecified atom stereocenters. The van der Waals surface area contributed by atoms with Crippen LogP contribution in [0.25, 0.3) is 0 Å². The number of nitrogens with one attached hydrogen (secondary N) is 1. The van der Waals surface area contributed by atoms with E-state index in [4.69, 9.17) is 15.1 Å². The predicted molar refractivity (Wildman–Crippen MR) is 67.6 cm³/mol. The number of rotatable bonds is 5. The summed E-state index contributed by atoms with van der Waals surface area (Å²) in [5.41, 5.74) is 1.50. The molecule has 0 amide bonds. The largest absolute Gasteiger partial charge is 0.495 e. The first kappa shape index (κ1) is 13.6. The van der Waals surface area contributed by atoms with Crippen LogP contribution in [-0.4, -0.2) is 24.7 Å². The van der Waals surface area contributed by atoms with Gasteiger partial charge in [-0.3, -0.25) is 0 Å². The van der Waals surface area contributed by atoms with Crippen molar-refractivity contribution in [2.45, 2.75) is 6.92 Å². The molecule has 1 rings (SSSR count). The Morgan fingerprint density at radius 1 is 1.61 bits per heavy atom. The van der Waals surface area contributed by atoms with Crippen molar-refractivity contribution in [3.05, 3.63) is 35.4 Å². The van der Waals surface area contributed by atoms with E-state index in [0.717, 1.165) is 0 Å². The van der Waals surface area contributed by atoms with Crippen LogP contribution in [-0.2, 0) is 4.79 Å².